The molecule has 208 valence electrons. The highest BCUT2D eigenvalue weighted by atomic mass is 35.5. The molecule has 1 N–H and O–H groups in total. The molecule has 1 aliphatic carbocycles. The lowest BCUT2D eigenvalue weighted by Crippen LogP contribution is -2.31. The van der Waals surface area contributed by atoms with Crippen LogP contribution in [0.25, 0.3) is 0 Å². The molecule has 1 aromatic heterocycles. The monoisotopic (exact) mass is 567 g/mol. The van der Waals surface area contributed by atoms with Crippen LogP contribution in [0.4, 0.5) is 4.79 Å². The van der Waals surface area contributed by atoms with Gasteiger partial charge in [-0.25, -0.2) is 4.79 Å². The van der Waals surface area contributed by atoms with Crippen LogP contribution in [0.1, 0.15) is 47.8 Å². The summed E-state index contributed by atoms with van der Waals surface area (Å²) in [6.45, 7) is 1.29. The quantitative estimate of drug-likeness (QED) is 0.248. The normalized spacial score (nSPS) is 23.5. The van der Waals surface area contributed by atoms with Gasteiger partial charge in [-0.3, -0.25) is 9.78 Å². The number of nitrogens with zero attached hydrogens (tertiary/aromatic N) is 3. The number of aromatic nitrogens is 1. The standard InChI is InChI=1S/C23H22ClN3O12/c1-12-19(16-11-36-20(15(16)10-25-12)13-2-4-14(24)5-3-13)37-22(30)35-7-6-23(21(28)29)8-17(38-26(31)32)18(9-23)39-27(33)34/h2-5,10,17-18,20H,6-9,11H2,1H3,(H,28,29)/t17-,18+,20?,23?. The number of ether oxygens (including phenoxy) is 3. The zero-order valence-corrected chi connectivity index (χ0v) is 21.1. The van der Waals surface area contributed by atoms with Crippen LogP contribution in [0, 0.1) is 32.6 Å². The summed E-state index contributed by atoms with van der Waals surface area (Å²) in [6, 6.07) is 7.06. The van der Waals surface area contributed by atoms with Gasteiger partial charge < -0.3 is 29.0 Å². The first-order valence-electron chi connectivity index (χ1n) is 11.5. The van der Waals surface area contributed by atoms with Crippen molar-refractivity contribution in [2.24, 2.45) is 5.41 Å². The second-order valence-corrected chi connectivity index (χ2v) is 9.46. The second kappa shape index (κ2) is 11.2. The van der Waals surface area contributed by atoms with Gasteiger partial charge >= 0.3 is 12.1 Å². The van der Waals surface area contributed by atoms with Gasteiger partial charge in [0.15, 0.2) is 5.75 Å². The number of rotatable bonds is 10. The number of carbonyl (C=O) groups is 2. The molecule has 4 rings (SSSR count). The Kier molecular flexibility index (Phi) is 8.01. The topological polar surface area (TPSA) is 200 Å². The number of aliphatic carboxylic acids is 1. The van der Waals surface area contributed by atoms with E-state index in [1.54, 1.807) is 37.4 Å². The largest absolute Gasteiger partial charge is 0.513 e. The van der Waals surface area contributed by atoms with Gasteiger partial charge in [0.05, 0.1) is 24.3 Å². The first-order chi connectivity index (χ1) is 18.5. The van der Waals surface area contributed by atoms with Crippen LogP contribution < -0.4 is 4.74 Å². The average molecular weight is 568 g/mol. The minimum absolute atomic E-state index is 0.131. The van der Waals surface area contributed by atoms with Crippen molar-refractivity contribution in [2.45, 2.75) is 51.1 Å². The summed E-state index contributed by atoms with van der Waals surface area (Å²) in [5.41, 5.74) is 0.758. The van der Waals surface area contributed by atoms with Crippen LogP contribution in [0.15, 0.2) is 30.5 Å². The van der Waals surface area contributed by atoms with Gasteiger partial charge in [-0.2, -0.15) is 0 Å². The SMILES string of the molecule is Cc1ncc2c(c1OC(=O)OCCC1(C(=O)O)C[C@H](O[N+](=O)[O-])[C@H](O[N+](=O)[O-])C1)COC2c1ccc(Cl)cc1. The third kappa shape index (κ3) is 6.09. The maximum absolute atomic E-state index is 12.5. The number of fused-ring (bicyclic) bond motifs is 1. The summed E-state index contributed by atoms with van der Waals surface area (Å²) < 4.78 is 16.4. The molecule has 2 aliphatic rings. The van der Waals surface area contributed by atoms with Crippen molar-refractivity contribution in [3.05, 3.63) is 78.1 Å². The minimum Gasteiger partial charge on any atom is -0.481 e. The molecule has 0 radical (unpaired) electrons. The van der Waals surface area contributed by atoms with Crippen molar-refractivity contribution >= 4 is 23.7 Å². The van der Waals surface area contributed by atoms with E-state index >= 15 is 0 Å². The van der Waals surface area contributed by atoms with Crippen molar-refractivity contribution in [3.63, 3.8) is 0 Å². The first kappa shape index (κ1) is 27.8. The van der Waals surface area contributed by atoms with E-state index in [0.717, 1.165) is 5.56 Å². The fourth-order valence-corrected chi connectivity index (χ4v) is 4.93. The van der Waals surface area contributed by atoms with Gasteiger partial charge in [-0.05, 0) is 43.9 Å². The van der Waals surface area contributed by atoms with Crippen molar-refractivity contribution in [1.82, 2.24) is 4.98 Å². The van der Waals surface area contributed by atoms with Gasteiger partial charge in [-0.1, -0.05) is 23.7 Å². The maximum atomic E-state index is 12.5. The molecule has 4 atom stereocenters. The lowest BCUT2D eigenvalue weighted by molar-refractivity contribution is -0.797. The molecular weight excluding hydrogens is 546 g/mol. The smallest absolute Gasteiger partial charge is 0.481 e. The third-order valence-electron chi connectivity index (χ3n) is 6.68. The lowest BCUT2D eigenvalue weighted by atomic mass is 9.83. The van der Waals surface area contributed by atoms with Crippen LogP contribution in [0.5, 0.6) is 5.75 Å². The van der Waals surface area contributed by atoms with Crippen molar-refractivity contribution < 1.29 is 48.8 Å². The van der Waals surface area contributed by atoms with E-state index < -0.39 is 65.5 Å². The van der Waals surface area contributed by atoms with Crippen molar-refractivity contribution in [1.29, 1.82) is 0 Å². The van der Waals surface area contributed by atoms with E-state index in [9.17, 15) is 34.9 Å². The molecule has 0 saturated heterocycles. The highest BCUT2D eigenvalue weighted by Crippen LogP contribution is 2.45. The highest BCUT2D eigenvalue weighted by Gasteiger charge is 2.53. The summed E-state index contributed by atoms with van der Waals surface area (Å²) in [6.07, 6.45) is -4.25. The number of aryl methyl sites for hydroxylation is 1. The molecule has 2 unspecified atom stereocenters. The Hall–Kier alpha value is -4.24. The lowest BCUT2D eigenvalue weighted by Gasteiger charge is -2.23. The molecule has 1 fully saturated rings. The van der Waals surface area contributed by atoms with E-state index in [2.05, 4.69) is 14.7 Å². The van der Waals surface area contributed by atoms with Crippen LogP contribution >= 0.6 is 11.6 Å². The molecule has 1 saturated carbocycles. The fraction of sp³-hybridized carbons (Fsp3) is 0.435. The first-order valence-corrected chi connectivity index (χ1v) is 11.9. The summed E-state index contributed by atoms with van der Waals surface area (Å²) >= 11 is 5.96. The molecule has 2 aromatic rings. The number of halogens is 1. The minimum atomic E-state index is -1.74. The van der Waals surface area contributed by atoms with E-state index in [-0.39, 0.29) is 18.8 Å². The molecule has 0 amide bonds. The number of carbonyl (C=O) groups excluding carboxylic acids is 1. The Bertz CT molecular complexity index is 1260. The second-order valence-electron chi connectivity index (χ2n) is 9.03. The zero-order chi connectivity index (χ0) is 28.3. The number of hydrogen-bond acceptors (Lipinski definition) is 12. The third-order valence-corrected chi connectivity index (χ3v) is 6.93. The molecule has 1 aliphatic heterocycles. The fourth-order valence-electron chi connectivity index (χ4n) is 4.81. The van der Waals surface area contributed by atoms with Crippen LogP contribution in [0.3, 0.4) is 0 Å². The van der Waals surface area contributed by atoms with Crippen LogP contribution in [-0.2, 0) is 30.6 Å². The number of pyridine rings is 1. The van der Waals surface area contributed by atoms with Gasteiger partial charge in [0.2, 0.25) is 0 Å². The molecular formula is C23H22ClN3O12. The molecule has 16 heteroatoms. The molecule has 0 bridgehead atoms. The predicted molar refractivity (Wildman–Crippen MR) is 127 cm³/mol. The zero-order valence-electron chi connectivity index (χ0n) is 20.3. The van der Waals surface area contributed by atoms with Gasteiger partial charge in [-0.15, -0.1) is 20.2 Å². The maximum Gasteiger partial charge on any atom is 0.513 e. The molecule has 15 nitrogen and oxygen atoms in total. The molecule has 39 heavy (non-hydrogen) atoms. The van der Waals surface area contributed by atoms with Crippen molar-refractivity contribution in [2.75, 3.05) is 6.61 Å². The number of carboxylic acids is 1. The number of carboxylic acid groups (broad SMARTS) is 1. The molecule has 2 heterocycles. The Morgan fingerprint density at radius 3 is 2.33 bits per heavy atom. The number of benzene rings is 1. The summed E-state index contributed by atoms with van der Waals surface area (Å²) in [5.74, 6) is -1.26. The van der Waals surface area contributed by atoms with E-state index in [1.165, 1.54) is 0 Å². The summed E-state index contributed by atoms with van der Waals surface area (Å²) in [4.78, 5) is 59.2. The van der Waals surface area contributed by atoms with Gasteiger partial charge in [0.1, 0.15) is 18.3 Å². The Morgan fingerprint density at radius 1 is 1.15 bits per heavy atom. The predicted octanol–water partition coefficient (Wildman–Crippen LogP) is 3.59. The Morgan fingerprint density at radius 2 is 1.77 bits per heavy atom. The Labute approximate surface area is 224 Å². The van der Waals surface area contributed by atoms with E-state index in [1.807, 2.05) is 0 Å². The number of hydrogen-bond donors (Lipinski definition) is 1. The van der Waals surface area contributed by atoms with Crippen molar-refractivity contribution in [3.8, 4) is 5.75 Å². The summed E-state index contributed by atoms with van der Waals surface area (Å²) in [7, 11) is 0. The van der Waals surface area contributed by atoms with Gasteiger partial charge in [0, 0.05) is 22.3 Å². The molecule has 0 spiro atoms. The summed E-state index contributed by atoms with van der Waals surface area (Å²) in [5, 5.41) is 29.5. The van der Waals surface area contributed by atoms with Crippen LogP contribution in [0.2, 0.25) is 5.02 Å². The molecule has 1 aromatic carbocycles. The van der Waals surface area contributed by atoms with Crippen LogP contribution in [-0.4, -0.2) is 51.2 Å². The van der Waals surface area contributed by atoms with Gasteiger partial charge in [0.25, 0.3) is 10.2 Å². The Balaban J connectivity index is 1.42. The highest BCUT2D eigenvalue weighted by molar-refractivity contribution is 6.30. The van der Waals surface area contributed by atoms with E-state index in [0.29, 0.717) is 21.8 Å². The average Bonchev–Trinajstić information content (AvgIpc) is 3.43. The van der Waals surface area contributed by atoms with E-state index in [4.69, 9.17) is 25.8 Å².